The van der Waals surface area contributed by atoms with Crippen molar-refractivity contribution in [1.82, 2.24) is 9.78 Å². The largest absolute Gasteiger partial charge is 0.240 e. The van der Waals surface area contributed by atoms with Gasteiger partial charge in [0.2, 0.25) is 0 Å². The highest BCUT2D eigenvalue weighted by molar-refractivity contribution is 9.10. The summed E-state index contributed by atoms with van der Waals surface area (Å²) in [5.41, 5.74) is -1.09. The van der Waals surface area contributed by atoms with Crippen LogP contribution in [0.15, 0.2) is 41.0 Å². The number of halogens is 1. The quantitative estimate of drug-likeness (QED) is 0.756. The van der Waals surface area contributed by atoms with Gasteiger partial charge in [-0.05, 0) is 34.4 Å². The first-order valence-corrected chi connectivity index (χ1v) is 4.10. The summed E-state index contributed by atoms with van der Waals surface area (Å²) in [6.45, 7) is -2.83. The van der Waals surface area contributed by atoms with Crippen LogP contribution in [0, 0.1) is 6.85 Å². The van der Waals surface area contributed by atoms with Crippen LogP contribution >= 0.6 is 15.9 Å². The maximum absolute atomic E-state index is 7.91. The van der Waals surface area contributed by atoms with Crippen molar-refractivity contribution in [3.8, 4) is 5.69 Å². The smallest absolute Gasteiger partial charge is 0.0872 e. The van der Waals surface area contributed by atoms with Crippen molar-refractivity contribution in [2.75, 3.05) is 0 Å². The summed E-state index contributed by atoms with van der Waals surface area (Å²) in [5, 5.41) is 3.68. The number of nitrogens with zero attached hydrogens (tertiary/aromatic N) is 2. The first kappa shape index (κ1) is 2.95. The Bertz CT molecular complexity index is 765. The van der Waals surface area contributed by atoms with Crippen LogP contribution in [0.4, 0.5) is 0 Å². The molecule has 2 nitrogen and oxygen atoms in total. The van der Waals surface area contributed by atoms with Crippen LogP contribution < -0.4 is 0 Å². The zero-order valence-corrected chi connectivity index (χ0v) is 7.86. The lowest BCUT2D eigenvalue weighted by molar-refractivity contribution is 0.872. The maximum Gasteiger partial charge on any atom is 0.0872 e. The number of aromatic nitrogens is 2. The molecular formula is C10H9BrN2. The second kappa shape index (κ2) is 3.34. The van der Waals surface area contributed by atoms with E-state index in [4.69, 9.17) is 12.3 Å². The van der Waals surface area contributed by atoms with Gasteiger partial charge in [-0.15, -0.1) is 0 Å². The SMILES string of the molecule is [2H]c1nn(-c2c([2H])c([2H])c([2H])c([2H])c2C([2H])([2H])[2H])c([2H])c1Br. The van der Waals surface area contributed by atoms with Crippen molar-refractivity contribution in [2.45, 2.75) is 6.85 Å². The summed E-state index contributed by atoms with van der Waals surface area (Å²) in [6, 6.07) is -2.65. The molecule has 0 amide bonds. The molecule has 0 unspecified atom stereocenters. The highest BCUT2D eigenvalue weighted by Crippen LogP contribution is 2.15. The fraction of sp³-hybridized carbons (Fsp3) is 0.100. The topological polar surface area (TPSA) is 17.8 Å². The van der Waals surface area contributed by atoms with Crippen molar-refractivity contribution in [2.24, 2.45) is 0 Å². The van der Waals surface area contributed by atoms with Crippen molar-refractivity contribution in [3.05, 3.63) is 46.6 Å². The van der Waals surface area contributed by atoms with Gasteiger partial charge in [-0.2, -0.15) is 5.10 Å². The van der Waals surface area contributed by atoms with Crippen LogP contribution in [-0.2, 0) is 0 Å². The molecule has 13 heavy (non-hydrogen) atoms. The Kier molecular flexibility index (Phi) is 0.759. The van der Waals surface area contributed by atoms with E-state index in [1.807, 2.05) is 0 Å². The van der Waals surface area contributed by atoms with Gasteiger partial charge in [-0.1, -0.05) is 18.1 Å². The Morgan fingerprint density at radius 2 is 2.38 bits per heavy atom. The Hall–Kier alpha value is -1.09. The van der Waals surface area contributed by atoms with E-state index in [1.54, 1.807) is 0 Å². The second-order valence-electron chi connectivity index (χ2n) is 2.17. The molecule has 0 N–H and O–H groups in total. The van der Waals surface area contributed by atoms with E-state index in [0.717, 1.165) is 4.68 Å². The van der Waals surface area contributed by atoms with Crippen LogP contribution in [0.3, 0.4) is 0 Å². The van der Waals surface area contributed by atoms with Gasteiger partial charge in [-0.25, -0.2) is 4.68 Å². The minimum atomic E-state index is -2.83. The van der Waals surface area contributed by atoms with Gasteiger partial charge in [0.25, 0.3) is 0 Å². The molecule has 0 saturated heterocycles. The molecule has 0 aliphatic carbocycles. The molecule has 1 heterocycles. The molecule has 0 aliphatic heterocycles. The van der Waals surface area contributed by atoms with E-state index in [1.165, 1.54) is 0 Å². The maximum atomic E-state index is 7.91. The third kappa shape index (κ3) is 1.65. The second-order valence-corrected chi connectivity index (χ2v) is 2.97. The average Bonchev–Trinajstić information content (AvgIpc) is 2.66. The summed E-state index contributed by atoms with van der Waals surface area (Å²) in [6.07, 6.45) is -0.713. The van der Waals surface area contributed by atoms with E-state index < -0.39 is 42.3 Å². The van der Waals surface area contributed by atoms with Crippen LogP contribution in [0.1, 0.15) is 17.9 Å². The van der Waals surface area contributed by atoms with Gasteiger partial charge in [0.1, 0.15) is 0 Å². The molecule has 0 spiro atoms. The monoisotopic (exact) mass is 245 g/mol. The van der Waals surface area contributed by atoms with Gasteiger partial charge in [0, 0.05) is 10.3 Å². The zero-order valence-electron chi connectivity index (χ0n) is 15.3. The Labute approximate surface area is 98.0 Å². The minimum Gasteiger partial charge on any atom is -0.240 e. The molecule has 1 aromatic heterocycles. The van der Waals surface area contributed by atoms with Gasteiger partial charge in [0.05, 0.1) is 24.6 Å². The van der Waals surface area contributed by atoms with E-state index in [2.05, 4.69) is 21.0 Å². The standard InChI is InChI=1S/C10H9BrN2/c1-8-4-2-3-5-10(8)13-7-9(11)6-12-13/h2-7H,1H3/i1D3,2D,3D,4D,5D,6D,7D. The first-order valence-electron chi connectivity index (χ1n) is 7.81. The number of para-hydroxylation sites is 1. The summed E-state index contributed by atoms with van der Waals surface area (Å²) in [7, 11) is 0. The predicted molar refractivity (Wildman–Crippen MR) is 56.0 cm³/mol. The van der Waals surface area contributed by atoms with Crippen molar-refractivity contribution in [3.63, 3.8) is 0 Å². The van der Waals surface area contributed by atoms with Gasteiger partial charge in [0.15, 0.2) is 0 Å². The van der Waals surface area contributed by atoms with Crippen molar-refractivity contribution >= 4 is 15.9 Å². The molecule has 0 atom stereocenters. The molecule has 0 saturated carbocycles. The van der Waals surface area contributed by atoms with Crippen LogP contribution in [0.2, 0.25) is 0 Å². The summed E-state index contributed by atoms with van der Waals surface area (Å²) in [5.74, 6) is 0. The average molecular weight is 246 g/mol. The fourth-order valence-corrected chi connectivity index (χ4v) is 1.05. The zero-order chi connectivity index (χ0) is 17.0. The lowest BCUT2D eigenvalue weighted by Gasteiger charge is -2.03. The Morgan fingerprint density at radius 3 is 3.08 bits per heavy atom. The van der Waals surface area contributed by atoms with Crippen LogP contribution in [0.25, 0.3) is 5.69 Å². The Balaban J connectivity index is 3.00. The summed E-state index contributed by atoms with van der Waals surface area (Å²) < 4.78 is 69.7. The third-order valence-electron chi connectivity index (χ3n) is 1.33. The van der Waals surface area contributed by atoms with Crippen molar-refractivity contribution < 1.29 is 12.3 Å². The number of hydrogen-bond acceptors (Lipinski definition) is 1. The van der Waals surface area contributed by atoms with E-state index in [-0.39, 0.29) is 16.8 Å². The van der Waals surface area contributed by atoms with Crippen molar-refractivity contribution in [1.29, 1.82) is 0 Å². The van der Waals surface area contributed by atoms with E-state index >= 15 is 0 Å². The van der Waals surface area contributed by atoms with E-state index in [0.29, 0.717) is 0 Å². The van der Waals surface area contributed by atoms with Gasteiger partial charge < -0.3 is 0 Å². The Morgan fingerprint density at radius 1 is 1.54 bits per heavy atom. The van der Waals surface area contributed by atoms with E-state index in [9.17, 15) is 0 Å². The molecule has 2 rings (SSSR count). The minimum absolute atomic E-state index is 0.00333. The summed E-state index contributed by atoms with van der Waals surface area (Å²) in [4.78, 5) is 0. The lowest BCUT2D eigenvalue weighted by Crippen LogP contribution is -1.96. The number of rotatable bonds is 1. The number of hydrogen-bond donors (Lipinski definition) is 0. The highest BCUT2D eigenvalue weighted by atomic mass is 79.9. The normalized spacial score (nSPS) is 21.2. The lowest BCUT2D eigenvalue weighted by atomic mass is 10.2. The molecule has 66 valence electrons. The van der Waals surface area contributed by atoms with Gasteiger partial charge in [-0.3, -0.25) is 0 Å². The predicted octanol–water partition coefficient (Wildman–Crippen LogP) is 2.94. The molecule has 2 aromatic rings. The third-order valence-corrected chi connectivity index (χ3v) is 1.69. The number of benzene rings is 1. The molecule has 1 aromatic carbocycles. The fourth-order valence-electron chi connectivity index (χ4n) is 0.808. The molecule has 0 fully saturated rings. The van der Waals surface area contributed by atoms with Crippen LogP contribution in [-0.4, -0.2) is 9.78 Å². The molecular weight excluding hydrogens is 228 g/mol. The molecule has 0 radical (unpaired) electrons. The van der Waals surface area contributed by atoms with Gasteiger partial charge >= 0.3 is 0 Å². The first-order chi connectivity index (χ1) is 9.98. The highest BCUT2D eigenvalue weighted by Gasteiger charge is 2.00. The molecule has 0 aliphatic rings. The summed E-state index contributed by atoms with van der Waals surface area (Å²) >= 11 is 2.96. The molecule has 0 bridgehead atoms. The van der Waals surface area contributed by atoms with Crippen LogP contribution in [0.5, 0.6) is 0 Å². The molecule has 3 heteroatoms.